The normalized spacial score (nSPS) is 36.1. The van der Waals surface area contributed by atoms with Gasteiger partial charge >= 0.3 is 0 Å². The minimum atomic E-state index is -0.830. The van der Waals surface area contributed by atoms with Gasteiger partial charge < -0.3 is 9.47 Å². The Balaban J connectivity index is 2.77. The predicted molar refractivity (Wildman–Crippen MR) is 44.7 cm³/mol. The molecule has 1 aliphatic rings. The molecule has 2 atom stereocenters. The molecule has 0 aromatic carbocycles. The minimum absolute atomic E-state index is 0.209. The number of alkyl halides is 1. The Hall–Kier alpha value is -0.310. The van der Waals surface area contributed by atoms with E-state index in [1.807, 2.05) is 18.2 Å². The molecule has 0 aliphatic heterocycles. The van der Waals surface area contributed by atoms with Crippen LogP contribution in [0, 0.1) is 0 Å². The van der Waals surface area contributed by atoms with Crippen LogP contribution in [-0.2, 0) is 9.47 Å². The van der Waals surface area contributed by atoms with Gasteiger partial charge in [-0.15, -0.1) is 0 Å². The lowest BCUT2D eigenvalue weighted by Gasteiger charge is -2.29. The van der Waals surface area contributed by atoms with Crippen LogP contribution in [0.15, 0.2) is 24.3 Å². The highest BCUT2D eigenvalue weighted by atomic mass is 35.5. The van der Waals surface area contributed by atoms with Crippen LogP contribution in [-0.4, -0.2) is 25.4 Å². The van der Waals surface area contributed by atoms with Crippen molar-refractivity contribution in [2.24, 2.45) is 0 Å². The Bertz CT molecular complexity index is 189. The highest BCUT2D eigenvalue weighted by Gasteiger charge is 2.34. The van der Waals surface area contributed by atoms with E-state index in [9.17, 15) is 0 Å². The summed E-state index contributed by atoms with van der Waals surface area (Å²) >= 11 is 6.04. The first kappa shape index (κ1) is 8.78. The molecule has 3 heteroatoms. The van der Waals surface area contributed by atoms with Gasteiger partial charge in [-0.3, -0.25) is 0 Å². The molecule has 1 rings (SSSR count). The molecular weight excluding hydrogens is 164 g/mol. The van der Waals surface area contributed by atoms with E-state index in [4.69, 9.17) is 21.1 Å². The number of methoxy groups -OCH3 is 2. The fraction of sp³-hybridized carbons (Fsp3) is 0.500. The van der Waals surface area contributed by atoms with Crippen molar-refractivity contribution in [3.05, 3.63) is 24.3 Å². The van der Waals surface area contributed by atoms with Crippen molar-refractivity contribution in [1.29, 1.82) is 0 Å². The minimum Gasteiger partial charge on any atom is -0.373 e. The smallest absolute Gasteiger partial charge is 0.189 e. The van der Waals surface area contributed by atoms with Gasteiger partial charge in [-0.2, -0.15) is 0 Å². The Labute approximate surface area is 71.4 Å². The summed E-state index contributed by atoms with van der Waals surface area (Å²) in [6.07, 6.45) is 7.14. The molecule has 2 nitrogen and oxygen atoms in total. The van der Waals surface area contributed by atoms with Crippen molar-refractivity contribution in [3.8, 4) is 0 Å². The van der Waals surface area contributed by atoms with E-state index in [2.05, 4.69) is 0 Å². The number of hydrogen-bond acceptors (Lipinski definition) is 2. The maximum atomic E-state index is 6.04. The second kappa shape index (κ2) is 3.39. The van der Waals surface area contributed by atoms with Crippen LogP contribution in [0.25, 0.3) is 0 Å². The molecule has 0 fully saturated rings. The molecular formula is C8H11ClO2. The van der Waals surface area contributed by atoms with Gasteiger partial charge in [0.25, 0.3) is 0 Å². The molecule has 11 heavy (non-hydrogen) atoms. The molecule has 0 aromatic heterocycles. The van der Waals surface area contributed by atoms with Gasteiger partial charge in [0.2, 0.25) is 0 Å². The van der Waals surface area contributed by atoms with Crippen molar-refractivity contribution in [3.63, 3.8) is 0 Å². The number of ether oxygens (including phenoxy) is 2. The van der Waals surface area contributed by atoms with E-state index >= 15 is 0 Å². The van der Waals surface area contributed by atoms with Gasteiger partial charge in [-0.25, -0.2) is 0 Å². The Morgan fingerprint density at radius 1 is 1.36 bits per heavy atom. The summed E-state index contributed by atoms with van der Waals surface area (Å²) in [5.41, 5.74) is 0. The summed E-state index contributed by atoms with van der Waals surface area (Å²) in [5, 5.41) is -0.830. The van der Waals surface area contributed by atoms with E-state index in [0.29, 0.717) is 0 Å². The maximum absolute atomic E-state index is 6.04. The fourth-order valence-electron chi connectivity index (χ4n) is 1.00. The van der Waals surface area contributed by atoms with Crippen LogP contribution < -0.4 is 0 Å². The number of halogens is 1. The highest BCUT2D eigenvalue weighted by molar-refractivity contribution is 6.25. The molecule has 0 N–H and O–H groups in total. The monoisotopic (exact) mass is 174 g/mol. The third-order valence-electron chi connectivity index (χ3n) is 1.68. The zero-order chi connectivity index (χ0) is 8.32. The second-order valence-corrected chi connectivity index (χ2v) is 2.89. The van der Waals surface area contributed by atoms with E-state index in [-0.39, 0.29) is 6.10 Å². The molecule has 0 amide bonds. The lowest BCUT2D eigenvalue weighted by molar-refractivity contribution is -0.0131. The van der Waals surface area contributed by atoms with Crippen LogP contribution in [0.2, 0.25) is 0 Å². The molecule has 0 radical (unpaired) electrons. The predicted octanol–water partition coefficient (Wildman–Crippen LogP) is 1.71. The molecule has 1 aliphatic carbocycles. The average molecular weight is 175 g/mol. The van der Waals surface area contributed by atoms with Crippen LogP contribution in [0.1, 0.15) is 0 Å². The van der Waals surface area contributed by atoms with E-state index in [1.54, 1.807) is 20.3 Å². The molecule has 2 unspecified atom stereocenters. The first-order valence-electron chi connectivity index (χ1n) is 3.36. The fourth-order valence-corrected chi connectivity index (χ4v) is 1.24. The summed E-state index contributed by atoms with van der Waals surface area (Å²) in [7, 11) is 3.16. The molecule has 62 valence electrons. The van der Waals surface area contributed by atoms with Crippen molar-refractivity contribution >= 4 is 11.6 Å². The van der Waals surface area contributed by atoms with Gasteiger partial charge in [0, 0.05) is 14.2 Å². The third kappa shape index (κ3) is 1.64. The Morgan fingerprint density at radius 2 is 2.09 bits per heavy atom. The third-order valence-corrected chi connectivity index (χ3v) is 2.17. The van der Waals surface area contributed by atoms with Gasteiger partial charge in [0.05, 0.1) is 0 Å². The summed E-state index contributed by atoms with van der Waals surface area (Å²) in [5.74, 6) is 0. The van der Waals surface area contributed by atoms with E-state index < -0.39 is 5.06 Å². The average Bonchev–Trinajstić information content (AvgIpc) is 2.05. The van der Waals surface area contributed by atoms with Crippen LogP contribution in [0.5, 0.6) is 0 Å². The topological polar surface area (TPSA) is 18.5 Å². The molecule has 0 saturated heterocycles. The van der Waals surface area contributed by atoms with Gasteiger partial charge in [0.15, 0.2) is 5.06 Å². The van der Waals surface area contributed by atoms with Crippen molar-refractivity contribution < 1.29 is 9.47 Å². The molecule has 0 heterocycles. The Kier molecular flexibility index (Phi) is 2.71. The largest absolute Gasteiger partial charge is 0.373 e. The van der Waals surface area contributed by atoms with Crippen molar-refractivity contribution in [1.82, 2.24) is 0 Å². The van der Waals surface area contributed by atoms with Gasteiger partial charge in [0.1, 0.15) is 6.10 Å². The first-order valence-corrected chi connectivity index (χ1v) is 3.73. The van der Waals surface area contributed by atoms with Crippen LogP contribution in [0.4, 0.5) is 0 Å². The summed E-state index contributed by atoms with van der Waals surface area (Å²) in [4.78, 5) is 0. The standard InChI is InChI=1S/C8H11ClO2/c1-10-7-5-3-4-6-8(7,9)11-2/h3-7H,1-2H3. The number of hydrogen-bond donors (Lipinski definition) is 0. The summed E-state index contributed by atoms with van der Waals surface area (Å²) in [6, 6.07) is 0. The molecule has 0 bridgehead atoms. The first-order chi connectivity index (χ1) is 5.23. The zero-order valence-electron chi connectivity index (χ0n) is 6.58. The molecule has 0 aromatic rings. The lowest BCUT2D eigenvalue weighted by Crippen LogP contribution is -2.37. The highest BCUT2D eigenvalue weighted by Crippen LogP contribution is 2.28. The Morgan fingerprint density at radius 3 is 2.55 bits per heavy atom. The van der Waals surface area contributed by atoms with Gasteiger partial charge in [-0.1, -0.05) is 29.8 Å². The zero-order valence-corrected chi connectivity index (χ0v) is 7.34. The van der Waals surface area contributed by atoms with Crippen molar-refractivity contribution in [2.75, 3.05) is 14.2 Å². The number of allylic oxidation sites excluding steroid dienone is 2. The maximum Gasteiger partial charge on any atom is 0.189 e. The quantitative estimate of drug-likeness (QED) is 0.594. The van der Waals surface area contributed by atoms with Crippen LogP contribution >= 0.6 is 11.6 Å². The van der Waals surface area contributed by atoms with E-state index in [0.717, 1.165) is 0 Å². The molecule has 0 saturated carbocycles. The van der Waals surface area contributed by atoms with E-state index in [1.165, 1.54) is 0 Å². The summed E-state index contributed by atoms with van der Waals surface area (Å²) in [6.45, 7) is 0. The number of rotatable bonds is 2. The van der Waals surface area contributed by atoms with Crippen LogP contribution in [0.3, 0.4) is 0 Å². The van der Waals surface area contributed by atoms with Gasteiger partial charge in [-0.05, 0) is 6.08 Å². The molecule has 0 spiro atoms. The summed E-state index contributed by atoms with van der Waals surface area (Å²) < 4.78 is 10.2. The second-order valence-electron chi connectivity index (χ2n) is 2.30. The lowest BCUT2D eigenvalue weighted by atomic mass is 10.1. The van der Waals surface area contributed by atoms with Crippen molar-refractivity contribution in [2.45, 2.75) is 11.2 Å². The SMILES string of the molecule is COC1C=CC=CC1(Cl)OC.